The molecular formula is C12H17Cl. The van der Waals surface area contributed by atoms with E-state index < -0.39 is 0 Å². The van der Waals surface area contributed by atoms with Crippen LogP contribution >= 0.6 is 11.6 Å². The first kappa shape index (κ1) is 10.6. The number of halogens is 1. The standard InChI is InChI=1S/C10H11Cl.C2H6/c1-7-2-5-9(11)6-10(7)8-3-4-8;1-2/h2,5-6,8H,3-4H2,1H3;1-2H3. The fourth-order valence-corrected chi connectivity index (χ4v) is 1.63. The minimum atomic E-state index is 0.814. The van der Waals surface area contributed by atoms with Crippen molar-refractivity contribution in [2.75, 3.05) is 0 Å². The second kappa shape index (κ2) is 4.66. The smallest absolute Gasteiger partial charge is 0.0409 e. The van der Waals surface area contributed by atoms with Gasteiger partial charge in [-0.15, -0.1) is 0 Å². The maximum atomic E-state index is 5.89. The highest BCUT2D eigenvalue weighted by Gasteiger charge is 2.24. The summed E-state index contributed by atoms with van der Waals surface area (Å²) in [5.74, 6) is 0.814. The van der Waals surface area contributed by atoms with Crippen LogP contribution in [0.4, 0.5) is 0 Å². The molecule has 1 saturated carbocycles. The van der Waals surface area contributed by atoms with Crippen molar-refractivity contribution in [3.05, 3.63) is 34.3 Å². The number of benzene rings is 1. The first-order valence-electron chi connectivity index (χ1n) is 5.03. The molecule has 0 saturated heterocycles. The third-order valence-corrected chi connectivity index (χ3v) is 2.49. The lowest BCUT2D eigenvalue weighted by Gasteiger charge is -2.02. The Morgan fingerprint density at radius 3 is 2.38 bits per heavy atom. The van der Waals surface area contributed by atoms with Gasteiger partial charge in [0.15, 0.2) is 0 Å². The van der Waals surface area contributed by atoms with Crippen LogP contribution in [0, 0.1) is 6.92 Å². The second-order valence-electron chi connectivity index (χ2n) is 3.28. The number of hydrogen-bond donors (Lipinski definition) is 0. The zero-order valence-corrected chi connectivity index (χ0v) is 9.36. The molecule has 0 aliphatic heterocycles. The summed E-state index contributed by atoms with van der Waals surface area (Å²) in [5.41, 5.74) is 2.84. The molecule has 0 heterocycles. The monoisotopic (exact) mass is 196 g/mol. The maximum Gasteiger partial charge on any atom is 0.0409 e. The van der Waals surface area contributed by atoms with Crippen LogP contribution < -0.4 is 0 Å². The van der Waals surface area contributed by atoms with Crippen LogP contribution in [-0.2, 0) is 0 Å². The zero-order valence-electron chi connectivity index (χ0n) is 8.60. The van der Waals surface area contributed by atoms with E-state index in [0.717, 1.165) is 10.9 Å². The molecule has 2 rings (SSSR count). The molecule has 0 N–H and O–H groups in total. The Kier molecular flexibility index (Phi) is 3.80. The number of hydrogen-bond acceptors (Lipinski definition) is 0. The first-order valence-corrected chi connectivity index (χ1v) is 5.41. The molecule has 0 radical (unpaired) electrons. The van der Waals surface area contributed by atoms with Gasteiger partial charge in [-0.2, -0.15) is 0 Å². The molecular weight excluding hydrogens is 180 g/mol. The average molecular weight is 197 g/mol. The van der Waals surface area contributed by atoms with Gasteiger partial charge in [0.1, 0.15) is 0 Å². The minimum Gasteiger partial charge on any atom is -0.0843 e. The SMILES string of the molecule is CC.Cc1ccc(Cl)cc1C1CC1. The van der Waals surface area contributed by atoms with Gasteiger partial charge >= 0.3 is 0 Å². The lowest BCUT2D eigenvalue weighted by atomic mass is 10.1. The van der Waals surface area contributed by atoms with Crippen molar-refractivity contribution in [3.8, 4) is 0 Å². The van der Waals surface area contributed by atoms with Gasteiger partial charge < -0.3 is 0 Å². The van der Waals surface area contributed by atoms with Crippen LogP contribution in [0.5, 0.6) is 0 Å². The van der Waals surface area contributed by atoms with E-state index in [2.05, 4.69) is 19.1 Å². The molecule has 1 aliphatic rings. The number of rotatable bonds is 1. The van der Waals surface area contributed by atoms with Gasteiger partial charge in [-0.3, -0.25) is 0 Å². The molecule has 1 aromatic rings. The van der Waals surface area contributed by atoms with Crippen LogP contribution in [-0.4, -0.2) is 0 Å². The molecule has 0 atom stereocenters. The van der Waals surface area contributed by atoms with Crippen molar-refractivity contribution in [1.82, 2.24) is 0 Å². The summed E-state index contributed by atoms with van der Waals surface area (Å²) in [6.07, 6.45) is 2.70. The van der Waals surface area contributed by atoms with Gasteiger partial charge in [0, 0.05) is 5.02 Å². The molecule has 1 fully saturated rings. The summed E-state index contributed by atoms with van der Waals surface area (Å²) >= 11 is 5.89. The van der Waals surface area contributed by atoms with Gasteiger partial charge in [0.05, 0.1) is 0 Å². The summed E-state index contributed by atoms with van der Waals surface area (Å²) in [7, 11) is 0. The Hall–Kier alpha value is -0.490. The Bertz CT molecular complexity index is 274. The molecule has 0 bridgehead atoms. The Balaban J connectivity index is 0.000000396. The highest BCUT2D eigenvalue weighted by molar-refractivity contribution is 6.30. The summed E-state index contributed by atoms with van der Waals surface area (Å²) in [5, 5.41) is 0.873. The Morgan fingerprint density at radius 2 is 1.85 bits per heavy atom. The zero-order chi connectivity index (χ0) is 9.84. The molecule has 1 aromatic carbocycles. The topological polar surface area (TPSA) is 0 Å². The van der Waals surface area contributed by atoms with E-state index in [1.807, 2.05) is 19.9 Å². The van der Waals surface area contributed by atoms with Crippen molar-refractivity contribution in [3.63, 3.8) is 0 Å². The molecule has 0 unspecified atom stereocenters. The van der Waals surface area contributed by atoms with Crippen molar-refractivity contribution in [2.24, 2.45) is 0 Å². The highest BCUT2D eigenvalue weighted by Crippen LogP contribution is 2.42. The summed E-state index contributed by atoms with van der Waals surface area (Å²) in [6.45, 7) is 6.16. The third kappa shape index (κ3) is 2.73. The predicted octanol–water partition coefficient (Wildman–Crippen LogP) is 4.55. The van der Waals surface area contributed by atoms with Crippen molar-refractivity contribution < 1.29 is 0 Å². The van der Waals surface area contributed by atoms with Gasteiger partial charge in [-0.05, 0) is 48.9 Å². The Labute approximate surface area is 85.9 Å². The van der Waals surface area contributed by atoms with Crippen LogP contribution in [0.25, 0.3) is 0 Å². The largest absolute Gasteiger partial charge is 0.0843 e. The lowest BCUT2D eigenvalue weighted by Crippen LogP contribution is -1.84. The summed E-state index contributed by atoms with van der Waals surface area (Å²) < 4.78 is 0. The maximum absolute atomic E-state index is 5.89. The predicted molar refractivity (Wildman–Crippen MR) is 59.5 cm³/mol. The molecule has 0 spiro atoms. The van der Waals surface area contributed by atoms with Crippen LogP contribution in [0.1, 0.15) is 43.7 Å². The molecule has 13 heavy (non-hydrogen) atoms. The van der Waals surface area contributed by atoms with Crippen LogP contribution in [0.3, 0.4) is 0 Å². The van der Waals surface area contributed by atoms with Gasteiger partial charge in [-0.1, -0.05) is 31.5 Å². The fourth-order valence-electron chi connectivity index (χ4n) is 1.45. The highest BCUT2D eigenvalue weighted by atomic mass is 35.5. The molecule has 1 heteroatoms. The summed E-state index contributed by atoms with van der Waals surface area (Å²) in [4.78, 5) is 0. The number of aryl methyl sites for hydroxylation is 1. The minimum absolute atomic E-state index is 0.814. The van der Waals surface area contributed by atoms with E-state index in [1.54, 1.807) is 0 Å². The lowest BCUT2D eigenvalue weighted by molar-refractivity contribution is 1.10. The van der Waals surface area contributed by atoms with Crippen molar-refractivity contribution in [2.45, 2.75) is 39.5 Å². The second-order valence-corrected chi connectivity index (χ2v) is 3.71. The molecule has 0 amide bonds. The average Bonchev–Trinajstić information content (AvgIpc) is 2.96. The van der Waals surface area contributed by atoms with E-state index in [-0.39, 0.29) is 0 Å². The van der Waals surface area contributed by atoms with E-state index in [9.17, 15) is 0 Å². The third-order valence-electron chi connectivity index (χ3n) is 2.26. The summed E-state index contributed by atoms with van der Waals surface area (Å²) in [6, 6.07) is 6.17. The van der Waals surface area contributed by atoms with Crippen LogP contribution in [0.15, 0.2) is 18.2 Å². The first-order chi connectivity index (χ1) is 6.27. The molecule has 1 aliphatic carbocycles. The Morgan fingerprint density at radius 1 is 1.23 bits per heavy atom. The molecule has 0 nitrogen and oxygen atoms in total. The quantitative estimate of drug-likeness (QED) is 0.618. The van der Waals surface area contributed by atoms with E-state index in [1.165, 1.54) is 24.0 Å². The normalized spacial score (nSPS) is 14.8. The van der Waals surface area contributed by atoms with E-state index in [0.29, 0.717) is 0 Å². The molecule has 72 valence electrons. The van der Waals surface area contributed by atoms with Crippen molar-refractivity contribution in [1.29, 1.82) is 0 Å². The van der Waals surface area contributed by atoms with Gasteiger partial charge in [0.25, 0.3) is 0 Å². The van der Waals surface area contributed by atoms with Crippen LogP contribution in [0.2, 0.25) is 5.02 Å². The molecule has 0 aromatic heterocycles. The fraction of sp³-hybridized carbons (Fsp3) is 0.500. The van der Waals surface area contributed by atoms with Gasteiger partial charge in [-0.25, -0.2) is 0 Å². The van der Waals surface area contributed by atoms with E-state index in [4.69, 9.17) is 11.6 Å². The van der Waals surface area contributed by atoms with E-state index >= 15 is 0 Å². The van der Waals surface area contributed by atoms with Crippen molar-refractivity contribution >= 4 is 11.6 Å². The van der Waals surface area contributed by atoms with Gasteiger partial charge in [0.2, 0.25) is 0 Å².